The minimum absolute atomic E-state index is 0.233. The third-order valence-electron chi connectivity index (χ3n) is 3.45. The molecule has 1 fully saturated rings. The summed E-state index contributed by atoms with van der Waals surface area (Å²) in [6, 6.07) is 7.25. The highest BCUT2D eigenvalue weighted by Crippen LogP contribution is 2.34. The topological polar surface area (TPSA) is 42.2 Å². The van der Waals surface area contributed by atoms with Crippen molar-refractivity contribution in [2.45, 2.75) is 19.3 Å². The third kappa shape index (κ3) is 2.62. The molecule has 0 radical (unpaired) electrons. The predicted octanol–water partition coefficient (Wildman–Crippen LogP) is 2.70. The molecule has 0 aliphatic carbocycles. The van der Waals surface area contributed by atoms with Gasteiger partial charge < -0.3 is 9.47 Å². The molecule has 0 aromatic heterocycles. The molecule has 0 amide bonds. The minimum Gasteiger partial charge on any atom is -0.494 e. The molecule has 1 saturated heterocycles. The summed E-state index contributed by atoms with van der Waals surface area (Å²) in [6.07, 6.45) is 1.97. The van der Waals surface area contributed by atoms with Crippen molar-refractivity contribution in [3.8, 4) is 11.8 Å². The van der Waals surface area contributed by atoms with Crippen LogP contribution < -0.4 is 4.74 Å². The normalized spacial score (nSPS) is 18.1. The van der Waals surface area contributed by atoms with E-state index in [9.17, 15) is 9.65 Å². The van der Waals surface area contributed by atoms with Gasteiger partial charge in [-0.3, -0.25) is 0 Å². The van der Waals surface area contributed by atoms with E-state index < -0.39 is 5.41 Å². The smallest absolute Gasteiger partial charge is 0.165 e. The molecule has 0 bridgehead atoms. The lowest BCUT2D eigenvalue weighted by molar-refractivity contribution is 0.0406. The van der Waals surface area contributed by atoms with E-state index >= 15 is 0 Å². The average molecular weight is 249 g/mol. The van der Waals surface area contributed by atoms with Crippen molar-refractivity contribution < 1.29 is 13.9 Å². The van der Waals surface area contributed by atoms with Crippen LogP contribution in [0.15, 0.2) is 18.2 Å². The quantitative estimate of drug-likeness (QED) is 0.827. The summed E-state index contributed by atoms with van der Waals surface area (Å²) in [4.78, 5) is 0. The van der Waals surface area contributed by atoms with E-state index in [4.69, 9.17) is 9.47 Å². The molecule has 4 heteroatoms. The molecule has 96 valence electrons. The van der Waals surface area contributed by atoms with Crippen molar-refractivity contribution in [2.75, 3.05) is 20.3 Å². The molecule has 3 nitrogen and oxygen atoms in total. The zero-order valence-electron chi connectivity index (χ0n) is 10.4. The summed E-state index contributed by atoms with van der Waals surface area (Å²) in [5.74, 6) is -0.146. The van der Waals surface area contributed by atoms with Crippen LogP contribution in [-0.4, -0.2) is 20.3 Å². The van der Waals surface area contributed by atoms with Gasteiger partial charge in [0, 0.05) is 13.2 Å². The van der Waals surface area contributed by atoms with Gasteiger partial charge in [-0.25, -0.2) is 4.39 Å². The van der Waals surface area contributed by atoms with Crippen LogP contribution in [0.25, 0.3) is 0 Å². The molecule has 18 heavy (non-hydrogen) atoms. The molecule has 1 aromatic carbocycles. The molecule has 0 unspecified atom stereocenters. The zero-order chi connectivity index (χ0) is 13.0. The highest BCUT2D eigenvalue weighted by Gasteiger charge is 2.33. The predicted molar refractivity (Wildman–Crippen MR) is 64.8 cm³/mol. The van der Waals surface area contributed by atoms with E-state index in [1.807, 2.05) is 6.07 Å². The SMILES string of the molecule is COc1ccc(CC2(C#N)CCOCC2)cc1F. The van der Waals surface area contributed by atoms with Crippen LogP contribution in [0.1, 0.15) is 18.4 Å². The number of hydrogen-bond donors (Lipinski definition) is 0. The highest BCUT2D eigenvalue weighted by molar-refractivity contribution is 5.30. The van der Waals surface area contributed by atoms with Crippen LogP contribution in [0.2, 0.25) is 0 Å². The van der Waals surface area contributed by atoms with E-state index in [-0.39, 0.29) is 11.6 Å². The molecular formula is C14H16FNO2. The molecule has 0 saturated carbocycles. The summed E-state index contributed by atoms with van der Waals surface area (Å²) >= 11 is 0. The van der Waals surface area contributed by atoms with Crippen LogP contribution in [0.5, 0.6) is 5.75 Å². The van der Waals surface area contributed by atoms with Crippen LogP contribution in [0.3, 0.4) is 0 Å². The average Bonchev–Trinajstić information content (AvgIpc) is 2.40. The number of halogens is 1. The summed E-state index contributed by atoms with van der Waals surface area (Å²) < 4.78 is 23.8. The number of methoxy groups -OCH3 is 1. The van der Waals surface area contributed by atoms with Crippen LogP contribution >= 0.6 is 0 Å². The van der Waals surface area contributed by atoms with Gasteiger partial charge >= 0.3 is 0 Å². The first-order valence-electron chi connectivity index (χ1n) is 6.00. The number of nitrogens with zero attached hydrogens (tertiary/aromatic N) is 1. The van der Waals surface area contributed by atoms with Crippen molar-refractivity contribution in [1.82, 2.24) is 0 Å². The maximum absolute atomic E-state index is 13.6. The Bertz CT molecular complexity index is 461. The highest BCUT2D eigenvalue weighted by atomic mass is 19.1. The van der Waals surface area contributed by atoms with Crippen molar-refractivity contribution in [2.24, 2.45) is 5.41 Å². The van der Waals surface area contributed by atoms with Gasteiger partial charge in [0.15, 0.2) is 11.6 Å². The number of benzene rings is 1. The first-order valence-corrected chi connectivity index (χ1v) is 6.00. The summed E-state index contributed by atoms with van der Waals surface area (Å²) in [5, 5.41) is 9.35. The molecule has 1 aliphatic rings. The Kier molecular flexibility index (Phi) is 3.83. The van der Waals surface area contributed by atoms with Gasteiger partial charge in [-0.2, -0.15) is 5.26 Å². The first kappa shape index (κ1) is 12.8. The van der Waals surface area contributed by atoms with Crippen LogP contribution in [0.4, 0.5) is 4.39 Å². The number of ether oxygens (including phenoxy) is 2. The van der Waals surface area contributed by atoms with E-state index in [2.05, 4.69) is 6.07 Å². The van der Waals surface area contributed by atoms with E-state index in [1.54, 1.807) is 6.07 Å². The molecule has 2 rings (SSSR count). The molecule has 1 aromatic rings. The van der Waals surface area contributed by atoms with Crippen molar-refractivity contribution in [3.05, 3.63) is 29.6 Å². The fraction of sp³-hybridized carbons (Fsp3) is 0.500. The molecule has 1 heterocycles. The first-order chi connectivity index (χ1) is 8.69. The number of nitriles is 1. The van der Waals surface area contributed by atoms with E-state index in [1.165, 1.54) is 13.2 Å². The molecule has 0 N–H and O–H groups in total. The van der Waals surface area contributed by atoms with Crippen LogP contribution in [-0.2, 0) is 11.2 Å². The molecule has 1 aliphatic heterocycles. The Morgan fingerprint density at radius 1 is 1.44 bits per heavy atom. The Morgan fingerprint density at radius 2 is 2.17 bits per heavy atom. The Morgan fingerprint density at radius 3 is 2.72 bits per heavy atom. The summed E-state index contributed by atoms with van der Waals surface area (Å²) in [6.45, 7) is 1.21. The minimum atomic E-state index is -0.417. The van der Waals surface area contributed by atoms with Crippen molar-refractivity contribution >= 4 is 0 Å². The lowest BCUT2D eigenvalue weighted by Crippen LogP contribution is -2.30. The fourth-order valence-electron chi connectivity index (χ4n) is 2.30. The Labute approximate surface area is 106 Å². The molecular weight excluding hydrogens is 233 g/mol. The van der Waals surface area contributed by atoms with Gasteiger partial charge in [0.05, 0.1) is 18.6 Å². The van der Waals surface area contributed by atoms with Crippen molar-refractivity contribution in [1.29, 1.82) is 5.26 Å². The zero-order valence-corrected chi connectivity index (χ0v) is 10.4. The maximum atomic E-state index is 13.6. The fourth-order valence-corrected chi connectivity index (χ4v) is 2.30. The lowest BCUT2D eigenvalue weighted by atomic mass is 9.76. The largest absolute Gasteiger partial charge is 0.494 e. The van der Waals surface area contributed by atoms with Gasteiger partial charge in [0.1, 0.15) is 0 Å². The summed E-state index contributed by atoms with van der Waals surface area (Å²) in [5.41, 5.74) is 0.413. The Balaban J connectivity index is 2.17. The van der Waals surface area contributed by atoms with Gasteiger partial charge in [0.2, 0.25) is 0 Å². The second-order valence-electron chi connectivity index (χ2n) is 4.65. The van der Waals surface area contributed by atoms with Crippen molar-refractivity contribution in [3.63, 3.8) is 0 Å². The number of rotatable bonds is 3. The van der Waals surface area contributed by atoms with Gasteiger partial charge in [0.25, 0.3) is 0 Å². The van der Waals surface area contributed by atoms with E-state index in [0.717, 1.165) is 5.56 Å². The lowest BCUT2D eigenvalue weighted by Gasteiger charge is -2.30. The molecule has 0 spiro atoms. The molecule has 0 atom stereocenters. The van der Waals surface area contributed by atoms with Crippen LogP contribution in [0, 0.1) is 22.6 Å². The standard InChI is InChI=1S/C14H16FNO2/c1-17-13-3-2-11(8-12(13)15)9-14(10-16)4-6-18-7-5-14/h2-3,8H,4-7,9H2,1H3. The second-order valence-corrected chi connectivity index (χ2v) is 4.65. The maximum Gasteiger partial charge on any atom is 0.165 e. The number of hydrogen-bond acceptors (Lipinski definition) is 3. The van der Waals surface area contributed by atoms with Gasteiger partial charge in [-0.15, -0.1) is 0 Å². The Hall–Kier alpha value is -1.60. The summed E-state index contributed by atoms with van der Waals surface area (Å²) in [7, 11) is 1.44. The second kappa shape index (κ2) is 5.36. The monoisotopic (exact) mass is 249 g/mol. The third-order valence-corrected chi connectivity index (χ3v) is 3.45. The van der Waals surface area contributed by atoms with Gasteiger partial charge in [-0.05, 0) is 37.0 Å². The van der Waals surface area contributed by atoms with Gasteiger partial charge in [-0.1, -0.05) is 6.07 Å². The van der Waals surface area contributed by atoms with E-state index in [0.29, 0.717) is 32.5 Å².